The van der Waals surface area contributed by atoms with Crippen LogP contribution in [0.3, 0.4) is 0 Å². The van der Waals surface area contributed by atoms with Gasteiger partial charge < -0.3 is 24.2 Å². The lowest BCUT2D eigenvalue weighted by Crippen LogP contribution is -2.36. The van der Waals surface area contributed by atoms with Crippen LogP contribution < -0.4 is 14.2 Å². The second kappa shape index (κ2) is 6.64. The average molecular weight is 322 g/mol. The number of ether oxygens (including phenoxy) is 3. The Kier molecular flexibility index (Phi) is 4.58. The van der Waals surface area contributed by atoms with Crippen molar-refractivity contribution in [3.8, 4) is 17.2 Å². The number of rotatable bonds is 3. The quantitative estimate of drug-likeness (QED) is 0.871. The number of nitrogens with zero attached hydrogens (tertiary/aromatic N) is 2. The van der Waals surface area contributed by atoms with E-state index in [9.17, 15) is 9.90 Å². The number of methoxy groups -OCH3 is 1. The minimum Gasteiger partial charge on any atom is -0.496 e. The first-order valence-corrected chi connectivity index (χ1v) is 7.69. The molecular formula is C16H22N2O5. The van der Waals surface area contributed by atoms with Crippen LogP contribution in [0.2, 0.25) is 0 Å². The van der Waals surface area contributed by atoms with E-state index in [0.717, 1.165) is 11.3 Å². The van der Waals surface area contributed by atoms with Crippen LogP contribution in [0.5, 0.6) is 17.2 Å². The van der Waals surface area contributed by atoms with E-state index in [-0.39, 0.29) is 12.7 Å². The number of fused-ring (bicyclic) bond motifs is 1. The van der Waals surface area contributed by atoms with Crippen molar-refractivity contribution in [1.29, 1.82) is 0 Å². The van der Waals surface area contributed by atoms with Gasteiger partial charge in [0.1, 0.15) is 5.75 Å². The molecule has 0 spiro atoms. The van der Waals surface area contributed by atoms with Gasteiger partial charge in [0.2, 0.25) is 12.7 Å². The molecule has 2 aliphatic rings. The first-order chi connectivity index (χ1) is 11.1. The Morgan fingerprint density at radius 2 is 2.04 bits per heavy atom. The van der Waals surface area contributed by atoms with Gasteiger partial charge in [-0.2, -0.15) is 0 Å². The molecule has 0 aromatic heterocycles. The van der Waals surface area contributed by atoms with E-state index >= 15 is 0 Å². The number of carbonyl (C=O) groups is 1. The molecule has 1 atom stereocenters. The third-order valence-electron chi connectivity index (χ3n) is 4.20. The van der Waals surface area contributed by atoms with Crippen molar-refractivity contribution in [2.45, 2.75) is 19.6 Å². The average Bonchev–Trinajstić information content (AvgIpc) is 2.88. The van der Waals surface area contributed by atoms with E-state index in [1.165, 1.54) is 6.92 Å². The van der Waals surface area contributed by atoms with Crippen LogP contribution in [0, 0.1) is 0 Å². The fourth-order valence-electron chi connectivity index (χ4n) is 3.00. The predicted octanol–water partition coefficient (Wildman–Crippen LogP) is 0.449. The zero-order valence-corrected chi connectivity index (χ0v) is 13.4. The van der Waals surface area contributed by atoms with E-state index < -0.39 is 6.10 Å². The Balaban J connectivity index is 1.75. The molecule has 1 fully saturated rings. The van der Waals surface area contributed by atoms with Gasteiger partial charge in [-0.3, -0.25) is 9.69 Å². The summed E-state index contributed by atoms with van der Waals surface area (Å²) in [6, 6.07) is 3.75. The topological polar surface area (TPSA) is 71.5 Å². The summed E-state index contributed by atoms with van der Waals surface area (Å²) in [6.45, 7) is 4.57. The van der Waals surface area contributed by atoms with Gasteiger partial charge in [0.05, 0.1) is 13.2 Å². The van der Waals surface area contributed by atoms with Gasteiger partial charge in [0.15, 0.2) is 11.5 Å². The number of hydrogen-bond acceptors (Lipinski definition) is 6. The molecule has 7 nitrogen and oxygen atoms in total. The maximum absolute atomic E-state index is 11.5. The maximum Gasteiger partial charge on any atom is 0.231 e. The van der Waals surface area contributed by atoms with Crippen molar-refractivity contribution in [3.05, 3.63) is 17.7 Å². The minimum atomic E-state index is -0.554. The van der Waals surface area contributed by atoms with E-state index in [0.29, 0.717) is 44.2 Å². The summed E-state index contributed by atoms with van der Waals surface area (Å²) in [7, 11) is 1.62. The summed E-state index contributed by atoms with van der Waals surface area (Å²) in [6.07, 6.45) is -0.554. The van der Waals surface area contributed by atoms with Crippen molar-refractivity contribution in [3.63, 3.8) is 0 Å². The summed E-state index contributed by atoms with van der Waals surface area (Å²) < 4.78 is 16.2. The Morgan fingerprint density at radius 1 is 1.30 bits per heavy atom. The number of amides is 1. The van der Waals surface area contributed by atoms with E-state index in [1.807, 2.05) is 12.1 Å². The number of β-amino-alcohol motifs (C(OH)–C–C–N with tert-alkyl or cyclic N) is 1. The van der Waals surface area contributed by atoms with Gasteiger partial charge in [0, 0.05) is 51.3 Å². The van der Waals surface area contributed by atoms with E-state index in [1.54, 1.807) is 12.0 Å². The van der Waals surface area contributed by atoms with E-state index in [2.05, 4.69) is 4.90 Å². The lowest BCUT2D eigenvalue weighted by Gasteiger charge is -2.22. The number of benzene rings is 1. The third kappa shape index (κ3) is 3.51. The van der Waals surface area contributed by atoms with Gasteiger partial charge in [-0.15, -0.1) is 0 Å². The number of carbonyl (C=O) groups excluding carboxylic acids is 1. The molecule has 1 amide bonds. The molecule has 1 unspecified atom stereocenters. The normalized spacial score (nSPS) is 21.2. The van der Waals surface area contributed by atoms with Crippen molar-refractivity contribution in [1.82, 2.24) is 9.80 Å². The molecule has 1 aromatic carbocycles. The SMILES string of the molecule is COc1cc2c(cc1CN1CCN(C(C)=O)CC(O)C1)OCO2. The number of aliphatic hydroxyl groups is 1. The van der Waals surface area contributed by atoms with Crippen molar-refractivity contribution in [2.75, 3.05) is 40.1 Å². The Hall–Kier alpha value is -1.99. The summed E-state index contributed by atoms with van der Waals surface area (Å²) in [5, 5.41) is 10.1. The fourth-order valence-corrected chi connectivity index (χ4v) is 3.00. The molecule has 3 rings (SSSR count). The van der Waals surface area contributed by atoms with Crippen molar-refractivity contribution < 1.29 is 24.1 Å². The monoisotopic (exact) mass is 322 g/mol. The standard InChI is InChI=1S/C16H22N2O5/c1-11(19)18-4-3-17(8-13(20)9-18)7-12-5-15-16(23-10-22-15)6-14(12)21-2/h5-6,13,20H,3-4,7-10H2,1-2H3. The molecule has 1 saturated heterocycles. The highest BCUT2D eigenvalue weighted by atomic mass is 16.7. The molecule has 0 saturated carbocycles. The maximum atomic E-state index is 11.5. The molecule has 23 heavy (non-hydrogen) atoms. The molecule has 126 valence electrons. The second-order valence-corrected chi connectivity index (χ2v) is 5.87. The van der Waals surface area contributed by atoms with Crippen LogP contribution in [0.4, 0.5) is 0 Å². The highest BCUT2D eigenvalue weighted by Gasteiger charge is 2.24. The molecule has 1 aromatic rings. The lowest BCUT2D eigenvalue weighted by atomic mass is 10.1. The largest absolute Gasteiger partial charge is 0.496 e. The third-order valence-corrected chi connectivity index (χ3v) is 4.20. The van der Waals surface area contributed by atoms with Crippen LogP contribution in [-0.4, -0.2) is 67.0 Å². The molecule has 0 aliphatic carbocycles. The van der Waals surface area contributed by atoms with Crippen LogP contribution in [-0.2, 0) is 11.3 Å². The minimum absolute atomic E-state index is 0.00781. The first kappa shape index (κ1) is 15.9. The van der Waals surface area contributed by atoms with Gasteiger partial charge in [-0.1, -0.05) is 0 Å². The van der Waals surface area contributed by atoms with Crippen LogP contribution >= 0.6 is 0 Å². The lowest BCUT2D eigenvalue weighted by molar-refractivity contribution is -0.129. The Morgan fingerprint density at radius 3 is 2.74 bits per heavy atom. The molecule has 2 heterocycles. The van der Waals surface area contributed by atoms with Crippen molar-refractivity contribution in [2.24, 2.45) is 0 Å². The predicted molar refractivity (Wildman–Crippen MR) is 82.7 cm³/mol. The summed E-state index contributed by atoms with van der Waals surface area (Å²) in [5.41, 5.74) is 0.972. The molecule has 0 bridgehead atoms. The summed E-state index contributed by atoms with van der Waals surface area (Å²) >= 11 is 0. The van der Waals surface area contributed by atoms with Crippen LogP contribution in [0.25, 0.3) is 0 Å². The molecule has 7 heteroatoms. The smallest absolute Gasteiger partial charge is 0.231 e. The molecule has 1 N–H and O–H groups in total. The van der Waals surface area contributed by atoms with Gasteiger partial charge >= 0.3 is 0 Å². The van der Waals surface area contributed by atoms with E-state index in [4.69, 9.17) is 14.2 Å². The molecule has 2 aliphatic heterocycles. The molecular weight excluding hydrogens is 300 g/mol. The van der Waals surface area contributed by atoms with Crippen LogP contribution in [0.15, 0.2) is 12.1 Å². The fraction of sp³-hybridized carbons (Fsp3) is 0.562. The van der Waals surface area contributed by atoms with Crippen molar-refractivity contribution >= 4 is 5.91 Å². The Bertz CT molecular complexity index is 592. The zero-order valence-electron chi connectivity index (χ0n) is 13.4. The highest BCUT2D eigenvalue weighted by Crippen LogP contribution is 2.38. The molecule has 0 radical (unpaired) electrons. The number of aliphatic hydroxyl groups excluding tert-OH is 1. The second-order valence-electron chi connectivity index (χ2n) is 5.87. The zero-order chi connectivity index (χ0) is 16.4. The first-order valence-electron chi connectivity index (χ1n) is 7.69. The van der Waals surface area contributed by atoms with Gasteiger partial charge in [-0.25, -0.2) is 0 Å². The van der Waals surface area contributed by atoms with Gasteiger partial charge in [0.25, 0.3) is 0 Å². The van der Waals surface area contributed by atoms with Crippen LogP contribution in [0.1, 0.15) is 12.5 Å². The number of hydrogen-bond donors (Lipinski definition) is 1. The summed E-state index contributed by atoms with van der Waals surface area (Å²) in [5.74, 6) is 2.12. The summed E-state index contributed by atoms with van der Waals surface area (Å²) in [4.78, 5) is 15.3. The van der Waals surface area contributed by atoms with Gasteiger partial charge in [-0.05, 0) is 6.07 Å². The Labute approximate surface area is 135 Å². The highest BCUT2D eigenvalue weighted by molar-refractivity contribution is 5.73.